The standard InChI is InChI=1S/C19H14F3N5O4/c1-9(2)30-18(29)17-24-8-14(31-17)11-7-25-27-15(28)5-13(26-16(11)27)12-4-3-10(6-23-12)19(20,21)22/h3-9,26H,1-2H3. The second kappa shape index (κ2) is 7.38. The van der Waals surface area contributed by atoms with E-state index in [1.54, 1.807) is 13.8 Å². The smallest absolute Gasteiger partial charge is 0.417 e. The van der Waals surface area contributed by atoms with Crippen LogP contribution in [0.15, 0.2) is 46.0 Å². The van der Waals surface area contributed by atoms with Crippen LogP contribution in [0.2, 0.25) is 0 Å². The molecular formula is C19H14F3N5O4. The Labute approximate surface area is 171 Å². The Morgan fingerprint density at radius 3 is 2.61 bits per heavy atom. The van der Waals surface area contributed by atoms with Crippen molar-refractivity contribution in [2.45, 2.75) is 26.1 Å². The quantitative estimate of drug-likeness (QED) is 0.491. The Kier molecular flexibility index (Phi) is 4.84. The highest BCUT2D eigenvalue weighted by atomic mass is 19.4. The predicted molar refractivity (Wildman–Crippen MR) is 100 cm³/mol. The first-order valence-corrected chi connectivity index (χ1v) is 8.95. The number of hydrogen-bond acceptors (Lipinski definition) is 7. The molecule has 1 N–H and O–H groups in total. The van der Waals surface area contributed by atoms with Gasteiger partial charge in [-0.15, -0.1) is 0 Å². The molecule has 0 unspecified atom stereocenters. The second-order valence-corrected chi connectivity index (χ2v) is 6.75. The molecule has 4 rings (SSSR count). The van der Waals surface area contributed by atoms with Gasteiger partial charge < -0.3 is 14.1 Å². The van der Waals surface area contributed by atoms with Crippen molar-refractivity contribution in [2.24, 2.45) is 0 Å². The number of alkyl halides is 3. The molecule has 0 aliphatic heterocycles. The number of fused-ring (bicyclic) bond motifs is 1. The minimum atomic E-state index is -4.53. The van der Waals surface area contributed by atoms with Crippen molar-refractivity contribution in [1.82, 2.24) is 24.6 Å². The highest BCUT2D eigenvalue weighted by Gasteiger charge is 2.30. The zero-order valence-corrected chi connectivity index (χ0v) is 16.1. The van der Waals surface area contributed by atoms with E-state index in [-0.39, 0.29) is 34.8 Å². The maximum Gasteiger partial charge on any atom is 0.417 e. The molecule has 0 aliphatic carbocycles. The zero-order chi connectivity index (χ0) is 22.3. The van der Waals surface area contributed by atoms with Gasteiger partial charge in [0, 0.05) is 12.3 Å². The van der Waals surface area contributed by atoms with Gasteiger partial charge in [-0.1, -0.05) is 0 Å². The molecule has 0 aliphatic rings. The second-order valence-electron chi connectivity index (χ2n) is 6.75. The van der Waals surface area contributed by atoms with Gasteiger partial charge in [0.05, 0.1) is 41.0 Å². The fraction of sp³-hybridized carbons (Fsp3) is 0.211. The number of hydrogen-bond donors (Lipinski definition) is 1. The molecule has 0 fully saturated rings. The number of aromatic nitrogens is 5. The van der Waals surface area contributed by atoms with Crippen LogP contribution in [0.4, 0.5) is 13.2 Å². The van der Waals surface area contributed by atoms with E-state index in [1.807, 2.05) is 0 Å². The van der Waals surface area contributed by atoms with Crippen LogP contribution in [0.25, 0.3) is 28.4 Å². The molecule has 0 bridgehead atoms. The third-order valence-electron chi connectivity index (χ3n) is 4.15. The van der Waals surface area contributed by atoms with Crippen molar-refractivity contribution in [3.05, 3.63) is 58.6 Å². The molecule has 0 amide bonds. The highest BCUT2D eigenvalue weighted by molar-refractivity contribution is 5.85. The molecular weight excluding hydrogens is 419 g/mol. The van der Waals surface area contributed by atoms with Gasteiger partial charge in [0.15, 0.2) is 5.76 Å². The summed E-state index contributed by atoms with van der Waals surface area (Å²) in [6.45, 7) is 3.35. The molecule has 31 heavy (non-hydrogen) atoms. The maximum absolute atomic E-state index is 12.8. The predicted octanol–water partition coefficient (Wildman–Crippen LogP) is 3.32. The molecule has 0 atom stereocenters. The van der Waals surface area contributed by atoms with E-state index >= 15 is 0 Å². The van der Waals surface area contributed by atoms with Gasteiger partial charge in [-0.3, -0.25) is 9.78 Å². The van der Waals surface area contributed by atoms with Gasteiger partial charge >= 0.3 is 18.0 Å². The van der Waals surface area contributed by atoms with Crippen LogP contribution in [0.1, 0.15) is 30.1 Å². The van der Waals surface area contributed by atoms with E-state index in [0.29, 0.717) is 11.8 Å². The first-order valence-electron chi connectivity index (χ1n) is 8.95. The summed E-state index contributed by atoms with van der Waals surface area (Å²) in [5.41, 5.74) is -0.667. The Balaban J connectivity index is 1.75. The monoisotopic (exact) mass is 433 g/mol. The number of carbonyl (C=O) groups excluding carboxylic acids is 1. The van der Waals surface area contributed by atoms with E-state index in [9.17, 15) is 22.8 Å². The van der Waals surface area contributed by atoms with Gasteiger partial charge in [0.25, 0.3) is 5.56 Å². The van der Waals surface area contributed by atoms with E-state index in [2.05, 4.69) is 20.1 Å². The zero-order valence-electron chi connectivity index (χ0n) is 16.1. The molecule has 0 radical (unpaired) electrons. The Bertz CT molecular complexity index is 1320. The summed E-state index contributed by atoms with van der Waals surface area (Å²) >= 11 is 0. The third-order valence-corrected chi connectivity index (χ3v) is 4.15. The summed E-state index contributed by atoms with van der Waals surface area (Å²) in [5, 5.41) is 3.98. The largest absolute Gasteiger partial charge is 0.456 e. The number of oxazole rings is 1. The van der Waals surface area contributed by atoms with Crippen LogP contribution in [0.5, 0.6) is 0 Å². The Morgan fingerprint density at radius 1 is 1.19 bits per heavy atom. The number of halogens is 3. The van der Waals surface area contributed by atoms with Gasteiger partial charge in [-0.2, -0.15) is 22.8 Å². The van der Waals surface area contributed by atoms with E-state index in [0.717, 1.165) is 22.7 Å². The van der Waals surface area contributed by atoms with Gasteiger partial charge in [0.2, 0.25) is 0 Å². The lowest BCUT2D eigenvalue weighted by atomic mass is 10.2. The van der Waals surface area contributed by atoms with Crippen molar-refractivity contribution in [2.75, 3.05) is 0 Å². The number of ether oxygens (including phenoxy) is 1. The van der Waals surface area contributed by atoms with Gasteiger partial charge in [-0.05, 0) is 26.0 Å². The first-order chi connectivity index (χ1) is 14.6. The summed E-state index contributed by atoms with van der Waals surface area (Å²) in [7, 11) is 0. The molecule has 12 heteroatoms. The SMILES string of the molecule is CC(C)OC(=O)c1ncc(-c2cnn3c(=O)cc(-c4ccc(C(F)(F)F)cn4)[nH]c23)o1. The van der Waals surface area contributed by atoms with Gasteiger partial charge in [-0.25, -0.2) is 9.78 Å². The average Bonchev–Trinajstić information content (AvgIpc) is 3.34. The van der Waals surface area contributed by atoms with Crippen molar-refractivity contribution < 1.29 is 27.1 Å². The third kappa shape index (κ3) is 3.91. The van der Waals surface area contributed by atoms with E-state index in [1.165, 1.54) is 12.4 Å². The number of aromatic amines is 1. The Morgan fingerprint density at radius 2 is 1.97 bits per heavy atom. The van der Waals surface area contributed by atoms with Crippen molar-refractivity contribution in [3.8, 4) is 22.7 Å². The van der Waals surface area contributed by atoms with Crippen molar-refractivity contribution >= 4 is 11.6 Å². The molecule has 0 aromatic carbocycles. The summed E-state index contributed by atoms with van der Waals surface area (Å²) in [4.78, 5) is 35.0. The van der Waals surface area contributed by atoms with Crippen LogP contribution in [-0.2, 0) is 10.9 Å². The number of H-pyrrole nitrogens is 1. The molecule has 0 saturated heterocycles. The number of esters is 1. The summed E-state index contributed by atoms with van der Waals surface area (Å²) < 4.78 is 49.8. The van der Waals surface area contributed by atoms with E-state index in [4.69, 9.17) is 9.15 Å². The fourth-order valence-electron chi connectivity index (χ4n) is 2.78. The van der Waals surface area contributed by atoms with Crippen LogP contribution in [-0.4, -0.2) is 36.6 Å². The summed E-state index contributed by atoms with van der Waals surface area (Å²) in [6.07, 6.45) is -1.61. The van der Waals surface area contributed by atoms with Crippen LogP contribution in [0.3, 0.4) is 0 Å². The topological polar surface area (TPSA) is 115 Å². The van der Waals surface area contributed by atoms with Crippen molar-refractivity contribution in [1.29, 1.82) is 0 Å². The molecule has 4 aromatic heterocycles. The lowest BCUT2D eigenvalue weighted by molar-refractivity contribution is -0.137. The maximum atomic E-state index is 12.8. The van der Waals surface area contributed by atoms with Crippen LogP contribution in [0, 0.1) is 0 Å². The summed E-state index contributed by atoms with van der Waals surface area (Å²) in [6, 6.07) is 3.17. The number of nitrogens with zero attached hydrogens (tertiary/aromatic N) is 4. The molecule has 160 valence electrons. The lowest BCUT2D eigenvalue weighted by Crippen LogP contribution is -2.14. The van der Waals surface area contributed by atoms with Crippen LogP contribution < -0.4 is 5.56 Å². The fourth-order valence-corrected chi connectivity index (χ4v) is 2.78. The first kappa shape index (κ1) is 20.3. The summed E-state index contributed by atoms with van der Waals surface area (Å²) in [5.74, 6) is -0.884. The van der Waals surface area contributed by atoms with Crippen LogP contribution >= 0.6 is 0 Å². The average molecular weight is 433 g/mol. The number of pyridine rings is 1. The normalized spacial score (nSPS) is 11.9. The minimum Gasteiger partial charge on any atom is -0.456 e. The number of carbonyl (C=O) groups is 1. The van der Waals surface area contributed by atoms with Gasteiger partial charge in [0.1, 0.15) is 5.65 Å². The number of nitrogens with one attached hydrogen (secondary N) is 1. The molecule has 0 saturated carbocycles. The lowest BCUT2D eigenvalue weighted by Gasteiger charge is -2.07. The molecule has 9 nitrogen and oxygen atoms in total. The Hall–Kier alpha value is -3.96. The van der Waals surface area contributed by atoms with Crippen molar-refractivity contribution in [3.63, 3.8) is 0 Å². The minimum absolute atomic E-state index is 0.124. The molecule has 4 heterocycles. The van der Waals surface area contributed by atoms with E-state index < -0.39 is 23.3 Å². The highest BCUT2D eigenvalue weighted by Crippen LogP contribution is 2.30. The molecule has 4 aromatic rings. The number of rotatable bonds is 4. The molecule has 0 spiro atoms.